The molecule has 1 N–H and O–H groups in total. The Labute approximate surface area is 159 Å². The Hall–Kier alpha value is -3.20. The van der Waals surface area contributed by atoms with Crippen molar-refractivity contribution in [1.29, 1.82) is 0 Å². The molecule has 3 aromatic rings. The van der Waals surface area contributed by atoms with Crippen molar-refractivity contribution in [2.75, 3.05) is 5.32 Å². The maximum absolute atomic E-state index is 12.1. The predicted molar refractivity (Wildman–Crippen MR) is 99.6 cm³/mol. The molecular formula is C17H17ClN6O3. The molecule has 0 saturated carbocycles. The summed E-state index contributed by atoms with van der Waals surface area (Å²) in [5, 5.41) is 22.4. The summed E-state index contributed by atoms with van der Waals surface area (Å²) >= 11 is 5.87. The summed E-state index contributed by atoms with van der Waals surface area (Å²) in [5.41, 5.74) is 1.98. The number of hydrogen-bond acceptors (Lipinski definition) is 5. The number of nitrogens with one attached hydrogen (secondary N) is 1. The highest BCUT2D eigenvalue weighted by Crippen LogP contribution is 2.16. The molecule has 10 heteroatoms. The lowest BCUT2D eigenvalue weighted by Gasteiger charge is -2.04. The molecule has 27 heavy (non-hydrogen) atoms. The Morgan fingerprint density at radius 2 is 2.00 bits per heavy atom. The summed E-state index contributed by atoms with van der Waals surface area (Å²) < 4.78 is 3.15. The maximum Gasteiger partial charge on any atom is 0.309 e. The van der Waals surface area contributed by atoms with Crippen molar-refractivity contribution in [3.8, 4) is 0 Å². The quantitative estimate of drug-likeness (QED) is 0.494. The van der Waals surface area contributed by atoms with E-state index in [1.165, 1.54) is 10.9 Å². The van der Waals surface area contributed by atoms with Crippen LogP contribution in [0.3, 0.4) is 0 Å². The summed E-state index contributed by atoms with van der Waals surface area (Å²) in [6.07, 6.45) is 4.63. The first kappa shape index (κ1) is 18.6. The smallest absolute Gasteiger partial charge is 0.309 e. The van der Waals surface area contributed by atoms with Crippen molar-refractivity contribution in [1.82, 2.24) is 19.6 Å². The van der Waals surface area contributed by atoms with Crippen molar-refractivity contribution >= 4 is 28.9 Å². The minimum atomic E-state index is -0.492. The summed E-state index contributed by atoms with van der Waals surface area (Å²) in [7, 11) is 0. The van der Waals surface area contributed by atoms with Crippen LogP contribution in [0, 0.1) is 17.0 Å². The number of anilines is 1. The maximum atomic E-state index is 12.1. The highest BCUT2D eigenvalue weighted by molar-refractivity contribution is 6.30. The van der Waals surface area contributed by atoms with E-state index in [9.17, 15) is 14.9 Å². The van der Waals surface area contributed by atoms with Crippen molar-refractivity contribution in [2.24, 2.45) is 0 Å². The third kappa shape index (κ3) is 4.70. The Bertz CT molecular complexity index is 963. The molecule has 0 spiro atoms. The molecule has 0 fully saturated rings. The molecular weight excluding hydrogens is 372 g/mol. The Morgan fingerprint density at radius 3 is 2.67 bits per heavy atom. The number of aromatic nitrogens is 4. The van der Waals surface area contributed by atoms with Gasteiger partial charge in [-0.3, -0.25) is 24.3 Å². The van der Waals surface area contributed by atoms with Gasteiger partial charge in [-0.25, -0.2) is 0 Å². The van der Waals surface area contributed by atoms with Crippen LogP contribution < -0.4 is 5.32 Å². The third-order valence-electron chi connectivity index (χ3n) is 4.00. The fraction of sp³-hybridized carbons (Fsp3) is 0.235. The van der Waals surface area contributed by atoms with Crippen LogP contribution in [0.4, 0.5) is 11.4 Å². The fourth-order valence-electron chi connectivity index (χ4n) is 2.56. The number of halogens is 1. The summed E-state index contributed by atoms with van der Waals surface area (Å²) in [5.74, 6) is -0.224. The van der Waals surface area contributed by atoms with Gasteiger partial charge in [-0.05, 0) is 24.6 Å². The average Bonchev–Trinajstić information content (AvgIpc) is 3.21. The molecule has 2 heterocycles. The zero-order valence-electron chi connectivity index (χ0n) is 14.5. The van der Waals surface area contributed by atoms with Gasteiger partial charge in [-0.1, -0.05) is 23.7 Å². The van der Waals surface area contributed by atoms with E-state index in [-0.39, 0.29) is 24.6 Å². The largest absolute Gasteiger partial charge is 0.323 e. The van der Waals surface area contributed by atoms with E-state index < -0.39 is 4.92 Å². The van der Waals surface area contributed by atoms with Gasteiger partial charge in [0.2, 0.25) is 5.91 Å². The van der Waals surface area contributed by atoms with E-state index in [0.29, 0.717) is 22.9 Å². The lowest BCUT2D eigenvalue weighted by Crippen LogP contribution is -2.15. The van der Waals surface area contributed by atoms with Gasteiger partial charge in [-0.2, -0.15) is 10.2 Å². The van der Waals surface area contributed by atoms with Crippen LogP contribution in [0.2, 0.25) is 5.02 Å². The van der Waals surface area contributed by atoms with Gasteiger partial charge in [-0.15, -0.1) is 0 Å². The van der Waals surface area contributed by atoms with Crippen LogP contribution in [-0.2, 0) is 17.9 Å². The van der Waals surface area contributed by atoms with Crippen LogP contribution in [-0.4, -0.2) is 30.4 Å². The van der Waals surface area contributed by atoms with Gasteiger partial charge >= 0.3 is 5.69 Å². The van der Waals surface area contributed by atoms with Crippen LogP contribution in [0.5, 0.6) is 0 Å². The van der Waals surface area contributed by atoms with Gasteiger partial charge in [0.25, 0.3) is 0 Å². The number of hydrogen-bond donors (Lipinski definition) is 1. The van der Waals surface area contributed by atoms with Crippen molar-refractivity contribution in [2.45, 2.75) is 26.4 Å². The lowest BCUT2D eigenvalue weighted by molar-refractivity contribution is -0.385. The zero-order valence-corrected chi connectivity index (χ0v) is 15.3. The monoisotopic (exact) mass is 388 g/mol. The molecule has 0 unspecified atom stereocenters. The molecule has 1 aromatic carbocycles. The zero-order chi connectivity index (χ0) is 19.4. The SMILES string of the molecule is Cc1c([N+](=O)[O-])cnn1CCC(=O)Nc1cnn(Cc2ccc(Cl)cc2)c1. The molecule has 0 bridgehead atoms. The van der Waals surface area contributed by atoms with E-state index in [1.54, 1.807) is 24.0 Å². The standard InChI is InChI=1S/C17H17ClN6O3/c1-12-16(24(26)27)9-20-23(12)7-6-17(25)21-15-8-19-22(11-15)10-13-2-4-14(18)5-3-13/h2-5,8-9,11H,6-7,10H2,1H3,(H,21,25). The van der Waals surface area contributed by atoms with E-state index in [0.717, 1.165) is 5.56 Å². The van der Waals surface area contributed by atoms with Crippen molar-refractivity contribution in [3.05, 3.63) is 69.3 Å². The number of benzene rings is 1. The number of amides is 1. The molecule has 2 aromatic heterocycles. The summed E-state index contributed by atoms with van der Waals surface area (Å²) in [6, 6.07) is 7.44. The Balaban J connectivity index is 1.53. The normalized spacial score (nSPS) is 10.7. The summed E-state index contributed by atoms with van der Waals surface area (Å²) in [6.45, 7) is 2.41. The number of carbonyl (C=O) groups is 1. The predicted octanol–water partition coefficient (Wildman–Crippen LogP) is 3.03. The highest BCUT2D eigenvalue weighted by atomic mass is 35.5. The first-order valence-electron chi connectivity index (χ1n) is 8.16. The number of rotatable bonds is 7. The molecule has 140 valence electrons. The topological polar surface area (TPSA) is 108 Å². The molecule has 0 aliphatic heterocycles. The second-order valence-corrected chi connectivity index (χ2v) is 6.38. The first-order chi connectivity index (χ1) is 12.9. The average molecular weight is 389 g/mol. The number of nitro groups is 1. The second-order valence-electron chi connectivity index (χ2n) is 5.95. The van der Waals surface area contributed by atoms with Gasteiger partial charge in [0.05, 0.1) is 29.9 Å². The number of aryl methyl sites for hydroxylation is 1. The number of carbonyl (C=O) groups excluding carboxylic acids is 1. The van der Waals surface area contributed by atoms with Gasteiger partial charge in [0, 0.05) is 17.6 Å². The highest BCUT2D eigenvalue weighted by Gasteiger charge is 2.16. The van der Waals surface area contributed by atoms with E-state index in [2.05, 4.69) is 15.5 Å². The minimum absolute atomic E-state index is 0.0566. The van der Waals surface area contributed by atoms with Crippen LogP contribution in [0.25, 0.3) is 0 Å². The molecule has 3 rings (SSSR count). The van der Waals surface area contributed by atoms with Crippen LogP contribution >= 0.6 is 11.6 Å². The summed E-state index contributed by atoms with van der Waals surface area (Å²) in [4.78, 5) is 22.4. The van der Waals surface area contributed by atoms with E-state index >= 15 is 0 Å². The van der Waals surface area contributed by atoms with E-state index in [4.69, 9.17) is 11.6 Å². The molecule has 0 radical (unpaired) electrons. The van der Waals surface area contributed by atoms with Gasteiger partial charge < -0.3 is 5.32 Å². The Kier molecular flexibility index (Phi) is 5.51. The van der Waals surface area contributed by atoms with Crippen molar-refractivity contribution < 1.29 is 9.72 Å². The third-order valence-corrected chi connectivity index (χ3v) is 4.25. The van der Waals surface area contributed by atoms with Crippen LogP contribution in [0.1, 0.15) is 17.7 Å². The van der Waals surface area contributed by atoms with Crippen LogP contribution in [0.15, 0.2) is 42.9 Å². The number of nitrogens with zero attached hydrogens (tertiary/aromatic N) is 5. The minimum Gasteiger partial charge on any atom is -0.323 e. The molecule has 1 amide bonds. The molecule has 0 aliphatic carbocycles. The second kappa shape index (κ2) is 8.00. The van der Waals surface area contributed by atoms with Gasteiger partial charge in [0.1, 0.15) is 11.9 Å². The van der Waals surface area contributed by atoms with Crippen molar-refractivity contribution in [3.63, 3.8) is 0 Å². The Morgan fingerprint density at radius 1 is 1.26 bits per heavy atom. The van der Waals surface area contributed by atoms with Gasteiger partial charge in [0.15, 0.2) is 0 Å². The molecule has 0 atom stereocenters. The molecule has 9 nitrogen and oxygen atoms in total. The van der Waals surface area contributed by atoms with E-state index in [1.807, 2.05) is 24.3 Å². The molecule has 0 saturated heterocycles. The fourth-order valence-corrected chi connectivity index (χ4v) is 2.69. The molecule has 0 aliphatic rings. The first-order valence-corrected chi connectivity index (χ1v) is 8.53. The lowest BCUT2D eigenvalue weighted by atomic mass is 10.2.